The summed E-state index contributed by atoms with van der Waals surface area (Å²) in [6.07, 6.45) is 7.43. The molecule has 1 amide bonds. The third-order valence-electron chi connectivity index (χ3n) is 4.70. The van der Waals surface area contributed by atoms with Gasteiger partial charge in [0, 0.05) is 19.1 Å². The minimum Gasteiger partial charge on any atom is -0.378 e. The molecule has 5 nitrogen and oxygen atoms in total. The van der Waals surface area contributed by atoms with Crippen molar-refractivity contribution in [2.24, 2.45) is 5.92 Å². The quantitative estimate of drug-likeness (QED) is 0.688. The average Bonchev–Trinajstić information content (AvgIpc) is 2.49. The molecular weight excluding hydrogens is 266 g/mol. The number of hydrogen-bond donors (Lipinski definition) is 2. The van der Waals surface area contributed by atoms with Gasteiger partial charge in [-0.15, -0.1) is 0 Å². The molecule has 1 aliphatic heterocycles. The summed E-state index contributed by atoms with van der Waals surface area (Å²) in [7, 11) is 4.05. The zero-order valence-corrected chi connectivity index (χ0v) is 13.6. The summed E-state index contributed by atoms with van der Waals surface area (Å²) in [6.45, 7) is 2.84. The van der Waals surface area contributed by atoms with Gasteiger partial charge in [-0.3, -0.25) is 4.79 Å². The molecule has 1 saturated heterocycles. The number of carbonyl (C=O) groups excluding carboxylic acids is 1. The van der Waals surface area contributed by atoms with Crippen molar-refractivity contribution in [3.05, 3.63) is 0 Å². The van der Waals surface area contributed by atoms with Crippen molar-refractivity contribution in [2.75, 3.05) is 40.4 Å². The van der Waals surface area contributed by atoms with E-state index in [2.05, 4.69) is 15.5 Å². The monoisotopic (exact) mass is 297 g/mol. The lowest BCUT2D eigenvalue weighted by Gasteiger charge is -2.39. The molecule has 3 atom stereocenters. The largest absolute Gasteiger partial charge is 0.378 e. The Kier molecular flexibility index (Phi) is 6.93. The predicted molar refractivity (Wildman–Crippen MR) is 84.3 cm³/mol. The molecular formula is C16H31N3O2. The molecule has 0 bridgehead atoms. The molecule has 122 valence electrons. The zero-order chi connectivity index (χ0) is 15.1. The summed E-state index contributed by atoms with van der Waals surface area (Å²) in [5, 5.41) is 6.56. The maximum absolute atomic E-state index is 12.2. The SMILES string of the molecule is CN(C)CCOCCNC(=O)C1CCC2CCCCC2N1. The number of nitrogens with one attached hydrogen (secondary N) is 2. The summed E-state index contributed by atoms with van der Waals surface area (Å²) in [6, 6.07) is 0.575. The van der Waals surface area contributed by atoms with Crippen molar-refractivity contribution in [3.63, 3.8) is 0 Å². The molecule has 2 aliphatic rings. The summed E-state index contributed by atoms with van der Waals surface area (Å²) < 4.78 is 5.49. The van der Waals surface area contributed by atoms with Gasteiger partial charge in [0.25, 0.3) is 0 Å². The van der Waals surface area contributed by atoms with E-state index in [1.165, 1.54) is 32.1 Å². The molecule has 1 aliphatic carbocycles. The van der Waals surface area contributed by atoms with Crippen molar-refractivity contribution in [1.82, 2.24) is 15.5 Å². The average molecular weight is 297 g/mol. The highest BCUT2D eigenvalue weighted by Gasteiger charge is 2.34. The molecule has 1 heterocycles. The van der Waals surface area contributed by atoms with E-state index in [0.717, 1.165) is 18.9 Å². The number of piperidine rings is 1. The lowest BCUT2D eigenvalue weighted by atomic mass is 9.77. The smallest absolute Gasteiger partial charge is 0.237 e. The van der Waals surface area contributed by atoms with Gasteiger partial charge in [-0.1, -0.05) is 12.8 Å². The van der Waals surface area contributed by atoms with Crippen LogP contribution in [0.2, 0.25) is 0 Å². The lowest BCUT2D eigenvalue weighted by molar-refractivity contribution is -0.124. The number of likely N-dealkylation sites (N-methyl/N-ethyl adjacent to an activating group) is 1. The van der Waals surface area contributed by atoms with Crippen molar-refractivity contribution >= 4 is 5.91 Å². The highest BCUT2D eigenvalue weighted by atomic mass is 16.5. The number of rotatable bonds is 7. The van der Waals surface area contributed by atoms with E-state index < -0.39 is 0 Å². The first-order chi connectivity index (χ1) is 10.2. The Morgan fingerprint density at radius 1 is 1.19 bits per heavy atom. The van der Waals surface area contributed by atoms with Crippen molar-refractivity contribution in [1.29, 1.82) is 0 Å². The third kappa shape index (κ3) is 5.57. The first-order valence-electron chi connectivity index (χ1n) is 8.43. The maximum atomic E-state index is 12.2. The van der Waals surface area contributed by atoms with Crippen molar-refractivity contribution < 1.29 is 9.53 Å². The lowest BCUT2D eigenvalue weighted by Crippen LogP contribution is -2.55. The van der Waals surface area contributed by atoms with Crippen LogP contribution in [0.5, 0.6) is 0 Å². The van der Waals surface area contributed by atoms with Crippen LogP contribution in [0.15, 0.2) is 0 Å². The van der Waals surface area contributed by atoms with Gasteiger partial charge in [0.15, 0.2) is 0 Å². The fourth-order valence-electron chi connectivity index (χ4n) is 3.42. The van der Waals surface area contributed by atoms with E-state index in [1.807, 2.05) is 14.1 Å². The highest BCUT2D eigenvalue weighted by molar-refractivity contribution is 5.81. The third-order valence-corrected chi connectivity index (χ3v) is 4.70. The van der Waals surface area contributed by atoms with Crippen LogP contribution in [0.3, 0.4) is 0 Å². The van der Waals surface area contributed by atoms with Crippen LogP contribution in [-0.4, -0.2) is 63.3 Å². The maximum Gasteiger partial charge on any atom is 0.237 e. The molecule has 2 fully saturated rings. The van der Waals surface area contributed by atoms with E-state index in [1.54, 1.807) is 0 Å². The Labute approximate surface area is 128 Å². The van der Waals surface area contributed by atoms with Crippen LogP contribution in [0.25, 0.3) is 0 Å². The molecule has 0 radical (unpaired) electrons. The van der Waals surface area contributed by atoms with Crippen LogP contribution in [-0.2, 0) is 9.53 Å². The topological polar surface area (TPSA) is 53.6 Å². The van der Waals surface area contributed by atoms with E-state index in [9.17, 15) is 4.79 Å². The predicted octanol–water partition coefficient (Wildman–Crippen LogP) is 0.992. The molecule has 1 saturated carbocycles. The zero-order valence-electron chi connectivity index (χ0n) is 13.6. The van der Waals surface area contributed by atoms with Gasteiger partial charge in [-0.25, -0.2) is 0 Å². The Morgan fingerprint density at radius 2 is 2.00 bits per heavy atom. The van der Waals surface area contributed by atoms with Gasteiger partial charge in [-0.05, 0) is 45.7 Å². The molecule has 0 spiro atoms. The van der Waals surface area contributed by atoms with Crippen molar-refractivity contribution in [3.8, 4) is 0 Å². The normalized spacial score (nSPS) is 29.2. The second-order valence-electron chi connectivity index (χ2n) is 6.65. The number of nitrogens with zero attached hydrogens (tertiary/aromatic N) is 1. The standard InChI is InChI=1S/C16H31N3O2/c1-19(2)10-12-21-11-9-17-16(20)15-8-7-13-5-3-4-6-14(13)18-15/h13-15,18H,3-12H2,1-2H3,(H,17,20). The first-order valence-corrected chi connectivity index (χ1v) is 8.43. The second kappa shape index (κ2) is 8.71. The summed E-state index contributed by atoms with van der Waals surface area (Å²) in [4.78, 5) is 14.3. The fourth-order valence-corrected chi connectivity index (χ4v) is 3.42. The van der Waals surface area contributed by atoms with Gasteiger partial charge < -0.3 is 20.3 Å². The van der Waals surface area contributed by atoms with E-state index in [-0.39, 0.29) is 11.9 Å². The molecule has 2 rings (SSSR count). The molecule has 21 heavy (non-hydrogen) atoms. The second-order valence-corrected chi connectivity index (χ2v) is 6.65. The van der Waals surface area contributed by atoms with Gasteiger partial charge in [0.05, 0.1) is 19.3 Å². The van der Waals surface area contributed by atoms with E-state index in [4.69, 9.17) is 4.74 Å². The van der Waals surface area contributed by atoms with Crippen LogP contribution in [0.1, 0.15) is 38.5 Å². The number of amides is 1. The van der Waals surface area contributed by atoms with Crippen molar-refractivity contribution in [2.45, 2.75) is 50.6 Å². The molecule has 0 aromatic heterocycles. The number of ether oxygens (including phenoxy) is 1. The van der Waals surface area contributed by atoms with Gasteiger partial charge in [-0.2, -0.15) is 0 Å². The Bertz CT molecular complexity index is 323. The molecule has 3 unspecified atom stereocenters. The summed E-state index contributed by atoms with van der Waals surface area (Å²) >= 11 is 0. The van der Waals surface area contributed by atoms with Gasteiger partial charge in [0.1, 0.15) is 0 Å². The molecule has 0 aromatic carbocycles. The number of fused-ring (bicyclic) bond motifs is 1. The number of hydrogen-bond acceptors (Lipinski definition) is 4. The van der Waals surface area contributed by atoms with Crippen LogP contribution in [0, 0.1) is 5.92 Å². The van der Waals surface area contributed by atoms with Gasteiger partial charge in [0.2, 0.25) is 5.91 Å². The van der Waals surface area contributed by atoms with E-state index in [0.29, 0.717) is 25.8 Å². The van der Waals surface area contributed by atoms with Crippen LogP contribution >= 0.6 is 0 Å². The Hall–Kier alpha value is -0.650. The number of carbonyl (C=O) groups is 1. The fraction of sp³-hybridized carbons (Fsp3) is 0.938. The minimum absolute atomic E-state index is 0.00567. The summed E-state index contributed by atoms with van der Waals surface area (Å²) in [5.41, 5.74) is 0. The highest BCUT2D eigenvalue weighted by Crippen LogP contribution is 2.32. The van der Waals surface area contributed by atoms with Gasteiger partial charge >= 0.3 is 0 Å². The Balaban J connectivity index is 1.58. The van der Waals surface area contributed by atoms with Crippen LogP contribution in [0.4, 0.5) is 0 Å². The molecule has 0 aromatic rings. The summed E-state index contributed by atoms with van der Waals surface area (Å²) in [5.74, 6) is 0.951. The molecule has 5 heteroatoms. The Morgan fingerprint density at radius 3 is 2.81 bits per heavy atom. The molecule has 2 N–H and O–H groups in total. The van der Waals surface area contributed by atoms with E-state index >= 15 is 0 Å². The minimum atomic E-state index is 0.00567. The van der Waals surface area contributed by atoms with Crippen LogP contribution < -0.4 is 10.6 Å². The first kappa shape index (κ1) is 16.7.